The van der Waals surface area contributed by atoms with E-state index in [1.165, 1.54) is 0 Å². The average Bonchev–Trinajstić information content (AvgIpc) is 3.10. The zero-order chi connectivity index (χ0) is 17.9. The molecule has 0 radical (unpaired) electrons. The van der Waals surface area contributed by atoms with Gasteiger partial charge in [0, 0.05) is 64.6 Å². The van der Waals surface area contributed by atoms with Crippen LogP contribution in [-0.4, -0.2) is 78.6 Å². The van der Waals surface area contributed by atoms with Crippen LogP contribution in [-0.2, 0) is 14.3 Å². The van der Waals surface area contributed by atoms with Crippen LogP contribution in [0.3, 0.4) is 0 Å². The largest absolute Gasteiger partial charge is 0.381 e. The van der Waals surface area contributed by atoms with Crippen molar-refractivity contribution in [3.63, 3.8) is 0 Å². The summed E-state index contributed by atoms with van der Waals surface area (Å²) in [5.41, 5.74) is 0. The maximum atomic E-state index is 12.9. The van der Waals surface area contributed by atoms with Gasteiger partial charge in [-0.15, -0.1) is 0 Å². The van der Waals surface area contributed by atoms with Gasteiger partial charge in [-0.05, 0) is 25.0 Å². The van der Waals surface area contributed by atoms with Gasteiger partial charge in [-0.3, -0.25) is 9.59 Å². The van der Waals surface area contributed by atoms with Crippen LogP contribution in [0.1, 0.15) is 19.3 Å². The van der Waals surface area contributed by atoms with E-state index in [-0.39, 0.29) is 23.8 Å². The number of ether oxygens (including phenoxy) is 1. The summed E-state index contributed by atoms with van der Waals surface area (Å²) < 4.78 is 5.39. The molecule has 7 nitrogen and oxygen atoms in total. The van der Waals surface area contributed by atoms with Crippen LogP contribution in [0.25, 0.3) is 0 Å². The van der Waals surface area contributed by atoms with Crippen LogP contribution in [0.4, 0.5) is 5.82 Å². The summed E-state index contributed by atoms with van der Waals surface area (Å²) >= 11 is 0. The highest BCUT2D eigenvalue weighted by Gasteiger charge is 2.40. The number of aromatic nitrogens is 1. The third-order valence-electron chi connectivity index (χ3n) is 5.70. The van der Waals surface area contributed by atoms with Crippen molar-refractivity contribution in [3.8, 4) is 0 Å². The number of anilines is 1. The Kier molecular flexibility index (Phi) is 5.06. The summed E-state index contributed by atoms with van der Waals surface area (Å²) in [6, 6.07) is 6.13. The van der Waals surface area contributed by atoms with Crippen LogP contribution in [0.5, 0.6) is 0 Å². The molecule has 26 heavy (non-hydrogen) atoms. The first-order valence-corrected chi connectivity index (χ1v) is 9.54. The highest BCUT2D eigenvalue weighted by molar-refractivity contribution is 5.89. The Morgan fingerprint density at radius 2 is 1.88 bits per heavy atom. The van der Waals surface area contributed by atoms with E-state index < -0.39 is 0 Å². The number of piperazine rings is 1. The number of hydrogen-bond acceptors (Lipinski definition) is 5. The van der Waals surface area contributed by atoms with Crippen molar-refractivity contribution in [3.05, 3.63) is 24.4 Å². The number of pyridine rings is 1. The van der Waals surface area contributed by atoms with Gasteiger partial charge in [0.15, 0.2) is 0 Å². The van der Waals surface area contributed by atoms with Crippen molar-refractivity contribution < 1.29 is 14.3 Å². The lowest BCUT2D eigenvalue weighted by molar-refractivity contribution is -0.136. The van der Waals surface area contributed by atoms with E-state index in [1.807, 2.05) is 28.0 Å². The number of carbonyl (C=O) groups is 2. The van der Waals surface area contributed by atoms with E-state index >= 15 is 0 Å². The highest BCUT2D eigenvalue weighted by Crippen LogP contribution is 2.26. The van der Waals surface area contributed by atoms with Crippen molar-refractivity contribution in [2.24, 2.45) is 5.92 Å². The van der Waals surface area contributed by atoms with Gasteiger partial charge in [-0.25, -0.2) is 4.98 Å². The Hall–Kier alpha value is -2.15. The fourth-order valence-corrected chi connectivity index (χ4v) is 4.20. The van der Waals surface area contributed by atoms with Gasteiger partial charge < -0.3 is 19.4 Å². The Balaban J connectivity index is 1.32. The molecule has 1 unspecified atom stereocenters. The summed E-state index contributed by atoms with van der Waals surface area (Å²) in [6.45, 7) is 4.95. The van der Waals surface area contributed by atoms with Crippen molar-refractivity contribution in [1.82, 2.24) is 14.8 Å². The molecule has 3 fully saturated rings. The molecule has 0 N–H and O–H groups in total. The van der Waals surface area contributed by atoms with E-state index in [0.717, 1.165) is 31.7 Å². The van der Waals surface area contributed by atoms with Crippen molar-refractivity contribution in [2.75, 3.05) is 50.8 Å². The fraction of sp³-hybridized carbons (Fsp3) is 0.632. The van der Waals surface area contributed by atoms with Gasteiger partial charge in [0.25, 0.3) is 0 Å². The zero-order valence-electron chi connectivity index (χ0n) is 15.0. The van der Waals surface area contributed by atoms with Gasteiger partial charge >= 0.3 is 0 Å². The van der Waals surface area contributed by atoms with Gasteiger partial charge in [0.2, 0.25) is 11.8 Å². The summed E-state index contributed by atoms with van der Waals surface area (Å²) in [5.74, 6) is 1.03. The lowest BCUT2D eigenvalue weighted by Gasteiger charge is -2.36. The Labute approximate surface area is 153 Å². The minimum atomic E-state index is -0.188. The van der Waals surface area contributed by atoms with Gasteiger partial charge in [0.05, 0.1) is 5.92 Å². The minimum absolute atomic E-state index is 0.127. The summed E-state index contributed by atoms with van der Waals surface area (Å²) in [7, 11) is 0. The third kappa shape index (κ3) is 3.53. The number of nitrogens with zero attached hydrogens (tertiary/aromatic N) is 4. The molecule has 0 aromatic carbocycles. The summed E-state index contributed by atoms with van der Waals surface area (Å²) in [4.78, 5) is 35.7. The first-order chi connectivity index (χ1) is 12.7. The SMILES string of the molecule is O=C(C1CC(=O)N(C2CCOCC2)C1)N1CCN(c2ccccn2)CC1. The minimum Gasteiger partial charge on any atom is -0.381 e. The number of likely N-dealkylation sites (tertiary alicyclic amines) is 1. The van der Waals surface area contributed by atoms with Gasteiger partial charge in [-0.2, -0.15) is 0 Å². The van der Waals surface area contributed by atoms with E-state index in [1.54, 1.807) is 6.20 Å². The molecule has 3 aliphatic heterocycles. The third-order valence-corrected chi connectivity index (χ3v) is 5.70. The molecule has 0 aliphatic carbocycles. The van der Waals surface area contributed by atoms with E-state index in [0.29, 0.717) is 39.3 Å². The van der Waals surface area contributed by atoms with Crippen LogP contribution in [0.15, 0.2) is 24.4 Å². The summed E-state index contributed by atoms with van der Waals surface area (Å²) in [6.07, 6.45) is 3.92. The zero-order valence-corrected chi connectivity index (χ0v) is 15.0. The second kappa shape index (κ2) is 7.61. The molecule has 140 valence electrons. The molecule has 0 spiro atoms. The first-order valence-electron chi connectivity index (χ1n) is 9.54. The van der Waals surface area contributed by atoms with E-state index in [9.17, 15) is 9.59 Å². The molecule has 4 heterocycles. The number of carbonyl (C=O) groups excluding carboxylic acids is 2. The second-order valence-corrected chi connectivity index (χ2v) is 7.29. The van der Waals surface area contributed by atoms with Crippen LogP contribution >= 0.6 is 0 Å². The normalized spacial score (nSPS) is 25.0. The molecule has 2 amide bonds. The molecule has 3 aliphatic rings. The van der Waals surface area contributed by atoms with Gasteiger partial charge in [0.1, 0.15) is 5.82 Å². The fourth-order valence-electron chi connectivity index (χ4n) is 4.20. The molecule has 4 rings (SSSR count). The lowest BCUT2D eigenvalue weighted by atomic mass is 10.1. The Bertz CT molecular complexity index is 639. The van der Waals surface area contributed by atoms with Crippen LogP contribution < -0.4 is 4.90 Å². The maximum absolute atomic E-state index is 12.9. The van der Waals surface area contributed by atoms with Gasteiger partial charge in [-0.1, -0.05) is 6.07 Å². The molecule has 1 aromatic heterocycles. The molecular weight excluding hydrogens is 332 g/mol. The number of hydrogen-bond donors (Lipinski definition) is 0. The molecule has 0 bridgehead atoms. The van der Waals surface area contributed by atoms with Crippen molar-refractivity contribution in [1.29, 1.82) is 0 Å². The van der Waals surface area contributed by atoms with Crippen molar-refractivity contribution >= 4 is 17.6 Å². The molecular formula is C19H26N4O3. The Morgan fingerprint density at radius 1 is 1.12 bits per heavy atom. The number of rotatable bonds is 3. The first kappa shape index (κ1) is 17.3. The lowest BCUT2D eigenvalue weighted by Crippen LogP contribution is -2.51. The van der Waals surface area contributed by atoms with Crippen LogP contribution in [0.2, 0.25) is 0 Å². The van der Waals surface area contributed by atoms with E-state index in [4.69, 9.17) is 4.74 Å². The highest BCUT2D eigenvalue weighted by atomic mass is 16.5. The molecule has 7 heteroatoms. The standard InChI is InChI=1S/C19H26N4O3/c24-18-13-15(14-23(18)16-4-11-26-12-5-16)19(25)22-9-7-21(8-10-22)17-3-1-2-6-20-17/h1-3,6,15-16H,4-5,7-14H2. The molecule has 3 saturated heterocycles. The second-order valence-electron chi connectivity index (χ2n) is 7.29. The number of amides is 2. The van der Waals surface area contributed by atoms with Crippen molar-refractivity contribution in [2.45, 2.75) is 25.3 Å². The smallest absolute Gasteiger partial charge is 0.228 e. The maximum Gasteiger partial charge on any atom is 0.228 e. The molecule has 1 atom stereocenters. The molecule has 0 saturated carbocycles. The predicted octanol–water partition coefficient (Wildman–Crippen LogP) is 0.758. The average molecular weight is 358 g/mol. The van der Waals surface area contributed by atoms with Crippen LogP contribution in [0, 0.1) is 5.92 Å². The molecule has 1 aromatic rings. The predicted molar refractivity (Wildman–Crippen MR) is 96.7 cm³/mol. The monoisotopic (exact) mass is 358 g/mol. The topological polar surface area (TPSA) is 66.0 Å². The summed E-state index contributed by atoms with van der Waals surface area (Å²) in [5, 5.41) is 0. The quantitative estimate of drug-likeness (QED) is 0.798. The van der Waals surface area contributed by atoms with E-state index in [2.05, 4.69) is 9.88 Å². The Morgan fingerprint density at radius 3 is 2.58 bits per heavy atom.